The van der Waals surface area contributed by atoms with E-state index in [9.17, 15) is 18.8 Å². The number of rotatable bonds is 4. The summed E-state index contributed by atoms with van der Waals surface area (Å²) in [6.45, 7) is 0. The summed E-state index contributed by atoms with van der Waals surface area (Å²) in [5.41, 5.74) is 1.47. The molecule has 0 aliphatic carbocycles. The van der Waals surface area contributed by atoms with Crippen LogP contribution in [0.15, 0.2) is 66.7 Å². The van der Waals surface area contributed by atoms with Crippen molar-refractivity contribution in [2.45, 2.75) is 6.42 Å². The van der Waals surface area contributed by atoms with Gasteiger partial charge in [-0.15, -0.1) is 0 Å². The maximum absolute atomic E-state index is 13.9. The van der Waals surface area contributed by atoms with E-state index in [-0.39, 0.29) is 17.0 Å². The SMILES string of the molecule is O=C(Cc1c(F)cccc1Cl)Nc1cccc(N2C(=O)c3ccccc3C2=O)c1. The predicted molar refractivity (Wildman–Crippen MR) is 108 cm³/mol. The van der Waals surface area contributed by atoms with Gasteiger partial charge in [-0.1, -0.05) is 35.9 Å². The van der Waals surface area contributed by atoms with E-state index < -0.39 is 23.5 Å². The molecule has 0 unspecified atom stereocenters. The summed E-state index contributed by atoms with van der Waals surface area (Å²) in [4.78, 5) is 38.6. The number of amides is 3. The summed E-state index contributed by atoms with van der Waals surface area (Å²) in [6.07, 6.45) is -0.247. The Morgan fingerprint density at radius 3 is 2.24 bits per heavy atom. The van der Waals surface area contributed by atoms with E-state index in [1.165, 1.54) is 24.3 Å². The normalized spacial score (nSPS) is 12.8. The van der Waals surface area contributed by atoms with E-state index in [4.69, 9.17) is 11.6 Å². The zero-order valence-electron chi connectivity index (χ0n) is 15.0. The van der Waals surface area contributed by atoms with Crippen molar-refractivity contribution in [3.8, 4) is 0 Å². The van der Waals surface area contributed by atoms with E-state index in [0.29, 0.717) is 22.5 Å². The van der Waals surface area contributed by atoms with Crippen LogP contribution in [-0.4, -0.2) is 17.7 Å². The third-order valence-corrected chi connectivity index (χ3v) is 4.94. The number of halogens is 2. The lowest BCUT2D eigenvalue weighted by molar-refractivity contribution is -0.115. The van der Waals surface area contributed by atoms with Crippen molar-refractivity contribution >= 4 is 40.7 Å². The maximum Gasteiger partial charge on any atom is 0.266 e. The zero-order chi connectivity index (χ0) is 20.5. The second-order valence-corrected chi connectivity index (χ2v) is 6.87. The predicted octanol–water partition coefficient (Wildman–Crippen LogP) is 4.46. The van der Waals surface area contributed by atoms with Gasteiger partial charge in [0.05, 0.1) is 23.2 Å². The highest BCUT2D eigenvalue weighted by atomic mass is 35.5. The summed E-state index contributed by atoms with van der Waals surface area (Å²) in [6, 6.07) is 17.1. The Bertz CT molecular complexity index is 1110. The number of carbonyl (C=O) groups is 3. The summed E-state index contributed by atoms with van der Waals surface area (Å²) in [5, 5.41) is 2.81. The van der Waals surface area contributed by atoms with Crippen molar-refractivity contribution in [3.63, 3.8) is 0 Å². The number of benzene rings is 3. The van der Waals surface area contributed by atoms with Gasteiger partial charge in [-0.05, 0) is 42.5 Å². The highest BCUT2D eigenvalue weighted by molar-refractivity contribution is 6.34. The van der Waals surface area contributed by atoms with Crippen LogP contribution >= 0.6 is 11.6 Å². The van der Waals surface area contributed by atoms with Gasteiger partial charge in [0.2, 0.25) is 5.91 Å². The first kappa shape index (κ1) is 18.8. The van der Waals surface area contributed by atoms with Crippen LogP contribution < -0.4 is 10.2 Å². The molecule has 0 bridgehead atoms. The van der Waals surface area contributed by atoms with Gasteiger partial charge in [-0.2, -0.15) is 0 Å². The lowest BCUT2D eigenvalue weighted by Crippen LogP contribution is -2.29. The molecular formula is C22H14ClFN2O3. The molecule has 5 nitrogen and oxygen atoms in total. The third kappa shape index (κ3) is 3.50. The van der Waals surface area contributed by atoms with Gasteiger partial charge in [-0.25, -0.2) is 9.29 Å². The van der Waals surface area contributed by atoms with Gasteiger partial charge in [0.25, 0.3) is 11.8 Å². The first-order valence-electron chi connectivity index (χ1n) is 8.76. The van der Waals surface area contributed by atoms with Crippen LogP contribution in [0, 0.1) is 5.82 Å². The van der Waals surface area contributed by atoms with Gasteiger partial charge < -0.3 is 5.32 Å². The molecule has 0 aromatic heterocycles. The van der Waals surface area contributed by atoms with Crippen LogP contribution in [0.1, 0.15) is 26.3 Å². The Morgan fingerprint density at radius 2 is 1.59 bits per heavy atom. The first-order valence-corrected chi connectivity index (χ1v) is 9.14. The van der Waals surface area contributed by atoms with E-state index in [0.717, 1.165) is 4.90 Å². The van der Waals surface area contributed by atoms with Gasteiger partial charge in [0, 0.05) is 16.3 Å². The molecule has 1 aliphatic rings. The molecule has 1 N–H and O–H groups in total. The van der Waals surface area contributed by atoms with Gasteiger partial charge in [-0.3, -0.25) is 14.4 Å². The molecule has 29 heavy (non-hydrogen) atoms. The molecule has 144 valence electrons. The number of fused-ring (bicyclic) bond motifs is 1. The number of hydrogen-bond acceptors (Lipinski definition) is 3. The lowest BCUT2D eigenvalue weighted by Gasteiger charge is -2.15. The van der Waals surface area contributed by atoms with Crippen LogP contribution in [0.2, 0.25) is 5.02 Å². The highest BCUT2D eigenvalue weighted by Crippen LogP contribution is 2.30. The minimum absolute atomic E-state index is 0.100. The molecule has 0 saturated heterocycles. The van der Waals surface area contributed by atoms with Crippen molar-refractivity contribution in [1.82, 2.24) is 0 Å². The summed E-state index contributed by atoms with van der Waals surface area (Å²) in [5.74, 6) is -1.89. The monoisotopic (exact) mass is 408 g/mol. The third-order valence-electron chi connectivity index (χ3n) is 4.58. The molecule has 3 amide bonds. The Hall–Kier alpha value is -3.51. The van der Waals surface area contributed by atoms with E-state index >= 15 is 0 Å². The van der Waals surface area contributed by atoms with E-state index in [1.54, 1.807) is 42.5 Å². The molecule has 3 aromatic rings. The van der Waals surface area contributed by atoms with Crippen LogP contribution in [0.3, 0.4) is 0 Å². The Kier molecular flexibility index (Phi) is 4.86. The summed E-state index contributed by atoms with van der Waals surface area (Å²) in [7, 11) is 0. The van der Waals surface area contributed by atoms with Crippen molar-refractivity contribution in [3.05, 3.63) is 94.3 Å². The van der Waals surface area contributed by atoms with Crippen LogP contribution in [-0.2, 0) is 11.2 Å². The average Bonchev–Trinajstić information content (AvgIpc) is 2.96. The molecule has 4 rings (SSSR count). The molecule has 0 saturated carbocycles. The number of imide groups is 1. The average molecular weight is 409 g/mol. The molecule has 3 aromatic carbocycles. The van der Waals surface area contributed by atoms with Crippen LogP contribution in [0.5, 0.6) is 0 Å². The Balaban J connectivity index is 1.55. The van der Waals surface area contributed by atoms with E-state index in [1.807, 2.05) is 0 Å². The zero-order valence-corrected chi connectivity index (χ0v) is 15.7. The summed E-state index contributed by atoms with van der Waals surface area (Å²) >= 11 is 5.96. The number of nitrogens with one attached hydrogen (secondary N) is 1. The molecule has 1 heterocycles. The van der Waals surface area contributed by atoms with Gasteiger partial charge >= 0.3 is 0 Å². The van der Waals surface area contributed by atoms with Gasteiger partial charge in [0.1, 0.15) is 5.82 Å². The molecule has 0 spiro atoms. The van der Waals surface area contributed by atoms with Crippen molar-refractivity contribution < 1.29 is 18.8 Å². The smallest absolute Gasteiger partial charge is 0.266 e. The first-order chi connectivity index (χ1) is 14.0. The second-order valence-electron chi connectivity index (χ2n) is 6.47. The van der Waals surface area contributed by atoms with Gasteiger partial charge in [0.15, 0.2) is 0 Å². The highest BCUT2D eigenvalue weighted by Gasteiger charge is 2.36. The summed E-state index contributed by atoms with van der Waals surface area (Å²) < 4.78 is 13.9. The molecule has 0 atom stereocenters. The van der Waals surface area contributed by atoms with Crippen molar-refractivity contribution in [1.29, 1.82) is 0 Å². The standard InChI is InChI=1S/C22H14ClFN2O3/c23-18-9-4-10-19(24)17(18)12-20(27)25-13-5-3-6-14(11-13)26-21(28)15-7-1-2-8-16(15)22(26)29/h1-11H,12H2,(H,25,27). The molecule has 0 fully saturated rings. The fraction of sp³-hybridized carbons (Fsp3) is 0.0455. The lowest BCUT2D eigenvalue weighted by atomic mass is 10.1. The molecule has 7 heteroatoms. The number of carbonyl (C=O) groups excluding carboxylic acids is 3. The number of anilines is 2. The number of nitrogens with zero attached hydrogens (tertiary/aromatic N) is 1. The van der Waals surface area contributed by atoms with Crippen LogP contribution in [0.25, 0.3) is 0 Å². The quantitative estimate of drug-likeness (QED) is 0.648. The fourth-order valence-electron chi connectivity index (χ4n) is 3.21. The largest absolute Gasteiger partial charge is 0.326 e. The Labute approximate surface area is 170 Å². The van der Waals surface area contributed by atoms with Crippen molar-refractivity contribution in [2.24, 2.45) is 0 Å². The Morgan fingerprint density at radius 1 is 0.931 bits per heavy atom. The molecular weight excluding hydrogens is 395 g/mol. The minimum atomic E-state index is -0.563. The maximum atomic E-state index is 13.9. The van der Waals surface area contributed by atoms with E-state index in [2.05, 4.69) is 5.32 Å². The fourth-order valence-corrected chi connectivity index (χ4v) is 3.44. The topological polar surface area (TPSA) is 66.5 Å². The van der Waals surface area contributed by atoms with Crippen LogP contribution in [0.4, 0.5) is 15.8 Å². The minimum Gasteiger partial charge on any atom is -0.326 e. The second kappa shape index (κ2) is 7.48. The molecule has 0 radical (unpaired) electrons. The molecule has 1 aliphatic heterocycles. The number of hydrogen-bond donors (Lipinski definition) is 1. The van der Waals surface area contributed by atoms with Crippen molar-refractivity contribution in [2.75, 3.05) is 10.2 Å².